The van der Waals surface area contributed by atoms with Crippen molar-refractivity contribution in [1.29, 1.82) is 0 Å². The highest BCUT2D eigenvalue weighted by molar-refractivity contribution is 7.89. The van der Waals surface area contributed by atoms with Crippen LogP contribution >= 0.6 is 0 Å². The SMILES string of the molecule is CCC(CC)CNS(=O)(=O)c1cccc([N+](=O)[O-])c1C. The summed E-state index contributed by atoms with van der Waals surface area (Å²) in [4.78, 5) is 10.2. The summed E-state index contributed by atoms with van der Waals surface area (Å²) in [6.07, 6.45) is 1.76. The topological polar surface area (TPSA) is 89.3 Å². The average Bonchev–Trinajstić information content (AvgIpc) is 2.39. The van der Waals surface area contributed by atoms with E-state index in [0.29, 0.717) is 6.54 Å². The second kappa shape index (κ2) is 6.81. The van der Waals surface area contributed by atoms with Crippen LogP contribution in [0.15, 0.2) is 23.1 Å². The molecule has 0 amide bonds. The van der Waals surface area contributed by atoms with Crippen molar-refractivity contribution in [3.8, 4) is 0 Å². The van der Waals surface area contributed by atoms with Crippen molar-refractivity contribution < 1.29 is 13.3 Å². The van der Waals surface area contributed by atoms with Gasteiger partial charge < -0.3 is 0 Å². The number of nitrogens with one attached hydrogen (secondary N) is 1. The highest BCUT2D eigenvalue weighted by atomic mass is 32.2. The van der Waals surface area contributed by atoms with E-state index in [1.165, 1.54) is 25.1 Å². The Labute approximate surface area is 119 Å². The average molecular weight is 300 g/mol. The van der Waals surface area contributed by atoms with Crippen molar-refractivity contribution in [1.82, 2.24) is 4.72 Å². The van der Waals surface area contributed by atoms with Gasteiger partial charge in [0.15, 0.2) is 0 Å². The van der Waals surface area contributed by atoms with E-state index in [1.807, 2.05) is 13.8 Å². The van der Waals surface area contributed by atoms with Crippen LogP contribution in [0, 0.1) is 23.0 Å². The molecule has 0 aromatic heterocycles. The molecular weight excluding hydrogens is 280 g/mol. The van der Waals surface area contributed by atoms with Crippen LogP contribution in [0.1, 0.15) is 32.3 Å². The Hall–Kier alpha value is -1.47. The lowest BCUT2D eigenvalue weighted by atomic mass is 10.0. The van der Waals surface area contributed by atoms with Crippen LogP contribution in [0.3, 0.4) is 0 Å². The second-order valence-corrected chi connectivity index (χ2v) is 6.43. The number of benzene rings is 1. The van der Waals surface area contributed by atoms with Crippen molar-refractivity contribution in [3.63, 3.8) is 0 Å². The first-order valence-electron chi connectivity index (χ1n) is 6.57. The van der Waals surface area contributed by atoms with Gasteiger partial charge in [-0.1, -0.05) is 32.8 Å². The molecule has 0 bridgehead atoms. The monoisotopic (exact) mass is 300 g/mol. The van der Waals surface area contributed by atoms with Crippen molar-refractivity contribution in [2.75, 3.05) is 6.54 Å². The van der Waals surface area contributed by atoms with Crippen LogP contribution in [-0.2, 0) is 10.0 Å². The summed E-state index contributed by atoms with van der Waals surface area (Å²) in [5, 5.41) is 10.9. The van der Waals surface area contributed by atoms with E-state index in [2.05, 4.69) is 4.72 Å². The summed E-state index contributed by atoms with van der Waals surface area (Å²) in [6, 6.07) is 4.07. The summed E-state index contributed by atoms with van der Waals surface area (Å²) in [7, 11) is -3.72. The van der Waals surface area contributed by atoms with Crippen molar-refractivity contribution in [3.05, 3.63) is 33.9 Å². The second-order valence-electron chi connectivity index (χ2n) is 4.69. The predicted molar refractivity (Wildman–Crippen MR) is 77.1 cm³/mol. The Morgan fingerprint density at radius 2 is 1.90 bits per heavy atom. The van der Waals surface area contributed by atoms with E-state index in [4.69, 9.17) is 0 Å². The normalized spacial score (nSPS) is 11.8. The third-order valence-electron chi connectivity index (χ3n) is 3.46. The van der Waals surface area contributed by atoms with Gasteiger partial charge in [-0.2, -0.15) is 0 Å². The Kier molecular flexibility index (Phi) is 5.64. The zero-order valence-corrected chi connectivity index (χ0v) is 12.7. The molecule has 0 unspecified atom stereocenters. The lowest BCUT2D eigenvalue weighted by Crippen LogP contribution is -2.29. The van der Waals surface area contributed by atoms with Crippen LogP contribution in [0.25, 0.3) is 0 Å². The van der Waals surface area contributed by atoms with Crippen LogP contribution in [0.4, 0.5) is 5.69 Å². The minimum atomic E-state index is -3.72. The smallest absolute Gasteiger partial charge is 0.258 e. The lowest BCUT2D eigenvalue weighted by Gasteiger charge is -2.14. The molecule has 6 nitrogen and oxygen atoms in total. The zero-order chi connectivity index (χ0) is 15.3. The molecule has 1 aromatic carbocycles. The van der Waals surface area contributed by atoms with Crippen LogP contribution < -0.4 is 4.72 Å². The number of nitro benzene ring substituents is 1. The number of hydrogen-bond acceptors (Lipinski definition) is 4. The minimum Gasteiger partial charge on any atom is -0.258 e. The first-order chi connectivity index (χ1) is 9.33. The number of rotatable bonds is 7. The Morgan fingerprint density at radius 3 is 2.40 bits per heavy atom. The fraction of sp³-hybridized carbons (Fsp3) is 0.538. The molecule has 0 spiro atoms. The van der Waals surface area contributed by atoms with Crippen molar-refractivity contribution in [2.24, 2.45) is 5.92 Å². The predicted octanol–water partition coefficient (Wildman–Crippen LogP) is 2.62. The molecule has 20 heavy (non-hydrogen) atoms. The molecule has 0 aliphatic carbocycles. The lowest BCUT2D eigenvalue weighted by molar-refractivity contribution is -0.385. The van der Waals surface area contributed by atoms with Gasteiger partial charge in [0, 0.05) is 18.2 Å². The molecule has 112 valence electrons. The summed E-state index contributed by atoms with van der Waals surface area (Å²) in [6.45, 7) is 5.80. The van der Waals surface area contributed by atoms with Gasteiger partial charge >= 0.3 is 0 Å². The van der Waals surface area contributed by atoms with Crippen molar-refractivity contribution >= 4 is 15.7 Å². The minimum absolute atomic E-state index is 0.0299. The van der Waals surface area contributed by atoms with Crippen LogP contribution in [0.5, 0.6) is 0 Å². The molecule has 0 aliphatic heterocycles. The Bertz CT molecular complexity index is 580. The van der Waals surface area contributed by atoms with Gasteiger partial charge in [-0.3, -0.25) is 10.1 Å². The van der Waals surface area contributed by atoms with Gasteiger partial charge in [0.2, 0.25) is 10.0 Å². The number of nitrogens with zero attached hydrogens (tertiary/aromatic N) is 1. The van der Waals surface area contributed by atoms with E-state index in [-0.39, 0.29) is 22.1 Å². The van der Waals surface area contributed by atoms with Crippen molar-refractivity contribution in [2.45, 2.75) is 38.5 Å². The molecule has 0 aliphatic rings. The molecule has 0 radical (unpaired) electrons. The van der Waals surface area contributed by atoms with Gasteiger partial charge in [-0.15, -0.1) is 0 Å². The third-order valence-corrected chi connectivity index (χ3v) is 5.03. The molecule has 0 saturated heterocycles. The largest absolute Gasteiger partial charge is 0.273 e. The Morgan fingerprint density at radius 1 is 1.30 bits per heavy atom. The maximum atomic E-state index is 12.2. The van der Waals surface area contributed by atoms with E-state index in [1.54, 1.807) is 0 Å². The number of hydrogen-bond donors (Lipinski definition) is 1. The molecule has 0 saturated carbocycles. The highest BCUT2D eigenvalue weighted by Gasteiger charge is 2.23. The first-order valence-corrected chi connectivity index (χ1v) is 8.05. The summed E-state index contributed by atoms with van der Waals surface area (Å²) in [5.74, 6) is 0.267. The molecular formula is C13H20N2O4S. The maximum absolute atomic E-state index is 12.2. The first kappa shape index (κ1) is 16.6. The van der Waals surface area contributed by atoms with Crippen LogP contribution in [0.2, 0.25) is 0 Å². The van der Waals surface area contributed by atoms with E-state index < -0.39 is 14.9 Å². The molecule has 7 heteroatoms. The summed E-state index contributed by atoms with van der Waals surface area (Å²) < 4.78 is 27.0. The fourth-order valence-corrected chi connectivity index (χ4v) is 3.35. The molecule has 1 rings (SSSR count). The van der Waals surface area contributed by atoms with Crippen LogP contribution in [-0.4, -0.2) is 19.9 Å². The van der Waals surface area contributed by atoms with Gasteiger partial charge in [-0.25, -0.2) is 13.1 Å². The zero-order valence-electron chi connectivity index (χ0n) is 11.9. The molecule has 0 atom stereocenters. The van der Waals surface area contributed by atoms with Gasteiger partial charge in [0.05, 0.1) is 9.82 Å². The fourth-order valence-electron chi connectivity index (χ4n) is 1.97. The molecule has 1 N–H and O–H groups in total. The quantitative estimate of drug-likeness (QED) is 0.619. The number of nitro groups is 1. The number of sulfonamides is 1. The third kappa shape index (κ3) is 3.77. The summed E-state index contributed by atoms with van der Waals surface area (Å²) >= 11 is 0. The molecule has 0 fully saturated rings. The highest BCUT2D eigenvalue weighted by Crippen LogP contribution is 2.24. The van der Waals surface area contributed by atoms with E-state index in [0.717, 1.165) is 12.8 Å². The molecule has 0 heterocycles. The Balaban J connectivity index is 3.04. The van der Waals surface area contributed by atoms with E-state index in [9.17, 15) is 18.5 Å². The maximum Gasteiger partial charge on any atom is 0.273 e. The van der Waals surface area contributed by atoms with E-state index >= 15 is 0 Å². The van der Waals surface area contributed by atoms with Gasteiger partial charge in [-0.05, 0) is 18.9 Å². The summed E-state index contributed by atoms with van der Waals surface area (Å²) in [5.41, 5.74) is -0.0232. The standard InChI is InChI=1S/C13H20N2O4S/c1-4-11(5-2)9-14-20(18,19)13-8-6-7-12(10(13)3)15(16)17/h6-8,11,14H,4-5,9H2,1-3H3. The van der Waals surface area contributed by atoms with Gasteiger partial charge in [0.25, 0.3) is 5.69 Å². The molecule has 1 aromatic rings. The van der Waals surface area contributed by atoms with Gasteiger partial charge in [0.1, 0.15) is 0 Å².